The van der Waals surface area contributed by atoms with Crippen LogP contribution in [0.15, 0.2) is 24.3 Å². The molecule has 2 atom stereocenters. The van der Waals surface area contributed by atoms with E-state index >= 15 is 0 Å². The van der Waals surface area contributed by atoms with E-state index in [1.54, 1.807) is 0 Å². The van der Waals surface area contributed by atoms with E-state index in [4.69, 9.17) is 0 Å². The fourth-order valence-electron chi connectivity index (χ4n) is 2.54. The van der Waals surface area contributed by atoms with E-state index in [1.165, 1.54) is 5.56 Å². The molecule has 0 aliphatic carbocycles. The van der Waals surface area contributed by atoms with Gasteiger partial charge in [-0.1, -0.05) is 19.1 Å². The molecule has 0 radical (unpaired) electrons. The van der Waals surface area contributed by atoms with Gasteiger partial charge in [0, 0.05) is 12.2 Å². The van der Waals surface area contributed by atoms with Gasteiger partial charge >= 0.3 is 0 Å². The molecule has 94 valence electrons. The first-order chi connectivity index (χ1) is 8.16. The first kappa shape index (κ1) is 12.4. The highest BCUT2D eigenvalue weighted by Crippen LogP contribution is 2.28. The summed E-state index contributed by atoms with van der Waals surface area (Å²) in [7, 11) is 0. The van der Waals surface area contributed by atoms with Crippen molar-refractivity contribution in [2.45, 2.75) is 25.8 Å². The summed E-state index contributed by atoms with van der Waals surface area (Å²) >= 11 is 0. The lowest BCUT2D eigenvalue weighted by Crippen LogP contribution is -2.56. The van der Waals surface area contributed by atoms with Crippen LogP contribution >= 0.6 is 0 Å². The van der Waals surface area contributed by atoms with Crippen molar-refractivity contribution in [1.29, 1.82) is 0 Å². The maximum atomic E-state index is 9.75. The number of anilines is 1. The predicted octanol–water partition coefficient (Wildman–Crippen LogP) is 1.77. The molecular formula is C14H22N2O. The second kappa shape index (κ2) is 5.07. The number of hydrogen-bond donors (Lipinski definition) is 3. The summed E-state index contributed by atoms with van der Waals surface area (Å²) in [5, 5.41) is 16.7. The Kier molecular flexibility index (Phi) is 3.69. The van der Waals surface area contributed by atoms with Crippen LogP contribution in [0.1, 0.15) is 18.9 Å². The number of rotatable bonds is 3. The third kappa shape index (κ3) is 2.61. The normalized spacial score (nSPS) is 29.0. The summed E-state index contributed by atoms with van der Waals surface area (Å²) in [6.45, 7) is 6.38. The highest BCUT2D eigenvalue weighted by molar-refractivity contribution is 5.48. The zero-order valence-electron chi connectivity index (χ0n) is 10.7. The molecule has 3 nitrogen and oxygen atoms in total. The largest absolute Gasteiger partial charge is 0.394 e. The molecule has 0 aromatic heterocycles. The molecule has 0 bridgehead atoms. The van der Waals surface area contributed by atoms with Gasteiger partial charge in [0.05, 0.1) is 12.1 Å². The van der Waals surface area contributed by atoms with Crippen LogP contribution in [-0.2, 0) is 0 Å². The molecule has 3 heteroatoms. The number of aliphatic hydroxyl groups is 1. The van der Waals surface area contributed by atoms with Crippen LogP contribution in [0.4, 0.5) is 5.69 Å². The van der Waals surface area contributed by atoms with Crippen molar-refractivity contribution in [3.63, 3.8) is 0 Å². The topological polar surface area (TPSA) is 44.3 Å². The minimum Gasteiger partial charge on any atom is -0.394 e. The number of nitrogens with one attached hydrogen (secondary N) is 2. The Labute approximate surface area is 103 Å². The lowest BCUT2D eigenvalue weighted by atomic mass is 9.80. The van der Waals surface area contributed by atoms with Gasteiger partial charge in [0.1, 0.15) is 0 Å². The van der Waals surface area contributed by atoms with Crippen LogP contribution in [0, 0.1) is 12.8 Å². The van der Waals surface area contributed by atoms with Crippen molar-refractivity contribution in [2.75, 3.05) is 25.0 Å². The molecule has 2 rings (SSSR count). The second-order valence-electron chi connectivity index (χ2n) is 5.16. The molecule has 1 fully saturated rings. The molecule has 1 heterocycles. The molecule has 0 amide bonds. The number of aryl methyl sites for hydroxylation is 1. The van der Waals surface area contributed by atoms with E-state index in [2.05, 4.69) is 48.7 Å². The molecule has 1 aliphatic heterocycles. The lowest BCUT2D eigenvalue weighted by molar-refractivity contribution is 0.135. The molecule has 3 N–H and O–H groups in total. The highest BCUT2D eigenvalue weighted by Gasteiger charge is 2.37. The number of hydrogen-bond acceptors (Lipinski definition) is 3. The van der Waals surface area contributed by atoms with Gasteiger partial charge in [0.2, 0.25) is 0 Å². The second-order valence-corrected chi connectivity index (χ2v) is 5.16. The van der Waals surface area contributed by atoms with Gasteiger partial charge in [-0.15, -0.1) is 0 Å². The van der Waals surface area contributed by atoms with Gasteiger partial charge in [0.15, 0.2) is 0 Å². The summed E-state index contributed by atoms with van der Waals surface area (Å²) < 4.78 is 0. The smallest absolute Gasteiger partial charge is 0.0665 e. The molecule has 2 unspecified atom stereocenters. The lowest BCUT2D eigenvalue weighted by Gasteiger charge is -2.43. The van der Waals surface area contributed by atoms with E-state index in [1.807, 2.05) is 0 Å². The van der Waals surface area contributed by atoms with Crippen molar-refractivity contribution in [2.24, 2.45) is 5.92 Å². The summed E-state index contributed by atoms with van der Waals surface area (Å²) in [5.41, 5.74) is 2.16. The molecule has 1 aliphatic rings. The Morgan fingerprint density at radius 1 is 1.53 bits per heavy atom. The predicted molar refractivity (Wildman–Crippen MR) is 71.3 cm³/mol. The molecule has 17 heavy (non-hydrogen) atoms. The van der Waals surface area contributed by atoms with Crippen molar-refractivity contribution < 1.29 is 5.11 Å². The minimum atomic E-state index is -0.182. The Morgan fingerprint density at radius 3 is 3.00 bits per heavy atom. The van der Waals surface area contributed by atoms with Crippen LogP contribution in [-0.4, -0.2) is 30.3 Å². The highest BCUT2D eigenvalue weighted by atomic mass is 16.3. The van der Waals surface area contributed by atoms with Gasteiger partial charge in [-0.3, -0.25) is 0 Å². The first-order valence-corrected chi connectivity index (χ1v) is 6.33. The minimum absolute atomic E-state index is 0.182. The number of aliphatic hydroxyl groups excluding tert-OH is 1. The van der Waals surface area contributed by atoms with E-state index in [0.29, 0.717) is 5.92 Å². The van der Waals surface area contributed by atoms with Gasteiger partial charge < -0.3 is 15.7 Å². The number of piperidine rings is 1. The molecule has 0 spiro atoms. The third-order valence-corrected chi connectivity index (χ3v) is 3.84. The zero-order chi connectivity index (χ0) is 12.3. The fraction of sp³-hybridized carbons (Fsp3) is 0.571. The quantitative estimate of drug-likeness (QED) is 0.747. The van der Waals surface area contributed by atoms with Crippen LogP contribution in [0.25, 0.3) is 0 Å². The van der Waals surface area contributed by atoms with Gasteiger partial charge in [0.25, 0.3) is 0 Å². The van der Waals surface area contributed by atoms with Crippen molar-refractivity contribution in [1.82, 2.24) is 5.32 Å². The average Bonchev–Trinajstić information content (AvgIpc) is 2.32. The summed E-state index contributed by atoms with van der Waals surface area (Å²) in [6.07, 6.45) is 0.957. The third-order valence-electron chi connectivity index (χ3n) is 3.84. The average molecular weight is 234 g/mol. The fourth-order valence-corrected chi connectivity index (χ4v) is 2.54. The molecule has 1 saturated heterocycles. The zero-order valence-corrected chi connectivity index (χ0v) is 10.7. The van der Waals surface area contributed by atoms with Gasteiger partial charge in [-0.05, 0) is 43.5 Å². The molecule has 0 saturated carbocycles. The van der Waals surface area contributed by atoms with Crippen LogP contribution in [0.5, 0.6) is 0 Å². The first-order valence-electron chi connectivity index (χ1n) is 6.33. The SMILES string of the molecule is Cc1cccc(NC2(CO)CCNCC2C)c1. The maximum Gasteiger partial charge on any atom is 0.0665 e. The van der Waals surface area contributed by atoms with Gasteiger partial charge in [-0.2, -0.15) is 0 Å². The number of benzene rings is 1. The summed E-state index contributed by atoms with van der Waals surface area (Å²) in [5.74, 6) is 0.418. The summed E-state index contributed by atoms with van der Waals surface area (Å²) in [6, 6.07) is 8.34. The van der Waals surface area contributed by atoms with Crippen LogP contribution in [0.2, 0.25) is 0 Å². The van der Waals surface area contributed by atoms with Gasteiger partial charge in [-0.25, -0.2) is 0 Å². The van der Waals surface area contributed by atoms with E-state index in [9.17, 15) is 5.11 Å². The summed E-state index contributed by atoms with van der Waals surface area (Å²) in [4.78, 5) is 0. The Hall–Kier alpha value is -1.06. The van der Waals surface area contributed by atoms with E-state index in [0.717, 1.165) is 25.2 Å². The Balaban J connectivity index is 2.18. The maximum absolute atomic E-state index is 9.75. The van der Waals surface area contributed by atoms with Crippen LogP contribution < -0.4 is 10.6 Å². The van der Waals surface area contributed by atoms with E-state index in [-0.39, 0.29) is 12.1 Å². The van der Waals surface area contributed by atoms with E-state index < -0.39 is 0 Å². The van der Waals surface area contributed by atoms with Crippen molar-refractivity contribution >= 4 is 5.69 Å². The monoisotopic (exact) mass is 234 g/mol. The Bertz CT molecular complexity index is 380. The Morgan fingerprint density at radius 2 is 2.35 bits per heavy atom. The molecular weight excluding hydrogens is 212 g/mol. The van der Waals surface area contributed by atoms with Crippen molar-refractivity contribution in [3.05, 3.63) is 29.8 Å². The standard InChI is InChI=1S/C14H22N2O/c1-11-4-3-5-13(8-11)16-14(10-17)6-7-15-9-12(14)2/h3-5,8,12,15-17H,6-7,9-10H2,1-2H3. The van der Waals surface area contributed by atoms with Crippen molar-refractivity contribution in [3.8, 4) is 0 Å². The van der Waals surface area contributed by atoms with Crippen LogP contribution in [0.3, 0.4) is 0 Å². The molecule has 1 aromatic carbocycles. The molecule has 1 aromatic rings.